The van der Waals surface area contributed by atoms with Gasteiger partial charge in [-0.1, -0.05) is 18.2 Å². The Balaban J connectivity index is 1.60. The van der Waals surface area contributed by atoms with E-state index in [1.165, 1.54) is 0 Å². The molecule has 114 valence electrons. The molecule has 0 spiro atoms. The number of hydrogen-bond acceptors (Lipinski definition) is 5. The van der Waals surface area contributed by atoms with Gasteiger partial charge in [0.05, 0.1) is 12.2 Å². The summed E-state index contributed by atoms with van der Waals surface area (Å²) in [6.45, 7) is 0.939. The lowest BCUT2D eigenvalue weighted by atomic mass is 10.1. The molecule has 3 rings (SSSR count). The van der Waals surface area contributed by atoms with Crippen molar-refractivity contribution in [3.8, 4) is 11.5 Å². The molecule has 5 heteroatoms. The van der Waals surface area contributed by atoms with E-state index in [1.54, 1.807) is 19.2 Å². The first kappa shape index (κ1) is 14.4. The predicted molar refractivity (Wildman–Crippen MR) is 78.8 cm³/mol. The number of methoxy groups -OCH3 is 1. The van der Waals surface area contributed by atoms with E-state index in [-0.39, 0.29) is 19.4 Å². The second-order valence-electron chi connectivity index (χ2n) is 4.89. The number of ether oxygens (including phenoxy) is 4. The number of benzene rings is 2. The van der Waals surface area contributed by atoms with Crippen LogP contribution >= 0.6 is 0 Å². The van der Waals surface area contributed by atoms with Crippen molar-refractivity contribution in [2.24, 2.45) is 0 Å². The van der Waals surface area contributed by atoms with E-state index in [9.17, 15) is 4.79 Å². The zero-order valence-electron chi connectivity index (χ0n) is 12.2. The van der Waals surface area contributed by atoms with Crippen LogP contribution in [0.3, 0.4) is 0 Å². The van der Waals surface area contributed by atoms with Crippen LogP contribution in [0, 0.1) is 0 Å². The zero-order valence-corrected chi connectivity index (χ0v) is 12.2. The largest absolute Gasteiger partial charge is 0.457 e. The normalized spacial score (nSPS) is 12.2. The smallest absolute Gasteiger partial charge is 0.338 e. The molecule has 1 heterocycles. The zero-order chi connectivity index (χ0) is 15.4. The number of rotatable bonds is 5. The van der Waals surface area contributed by atoms with Crippen molar-refractivity contribution in [1.82, 2.24) is 0 Å². The van der Waals surface area contributed by atoms with Crippen molar-refractivity contribution in [2.75, 3.05) is 13.9 Å². The van der Waals surface area contributed by atoms with Gasteiger partial charge in [0.15, 0.2) is 11.5 Å². The van der Waals surface area contributed by atoms with Crippen molar-refractivity contribution in [2.45, 2.75) is 13.2 Å². The molecule has 0 saturated carbocycles. The van der Waals surface area contributed by atoms with E-state index >= 15 is 0 Å². The van der Waals surface area contributed by atoms with E-state index < -0.39 is 0 Å². The van der Waals surface area contributed by atoms with Crippen LogP contribution in [0.25, 0.3) is 0 Å². The molecule has 0 N–H and O–H groups in total. The van der Waals surface area contributed by atoms with Crippen LogP contribution in [0.2, 0.25) is 0 Å². The van der Waals surface area contributed by atoms with Crippen molar-refractivity contribution in [3.05, 3.63) is 59.2 Å². The molecule has 0 amide bonds. The summed E-state index contributed by atoms with van der Waals surface area (Å²) in [4.78, 5) is 12.0. The third kappa shape index (κ3) is 3.20. The molecule has 2 aromatic rings. The van der Waals surface area contributed by atoms with E-state index in [0.717, 1.165) is 11.1 Å². The monoisotopic (exact) mass is 300 g/mol. The average molecular weight is 300 g/mol. The van der Waals surface area contributed by atoms with E-state index in [4.69, 9.17) is 18.9 Å². The number of carbonyl (C=O) groups excluding carboxylic acids is 1. The van der Waals surface area contributed by atoms with Gasteiger partial charge in [-0.15, -0.1) is 0 Å². The minimum atomic E-state index is -0.360. The Bertz CT molecular complexity index is 663. The molecule has 0 radical (unpaired) electrons. The molecule has 0 atom stereocenters. The molecule has 5 nitrogen and oxygen atoms in total. The highest BCUT2D eigenvalue weighted by Gasteiger charge is 2.14. The minimum absolute atomic E-state index is 0.190. The predicted octanol–water partition coefficient (Wildman–Crippen LogP) is 2.92. The van der Waals surface area contributed by atoms with E-state index in [2.05, 4.69) is 0 Å². The maximum atomic E-state index is 12.0. The fraction of sp³-hybridized carbons (Fsp3) is 0.235. The lowest BCUT2D eigenvalue weighted by Crippen LogP contribution is -2.05. The Morgan fingerprint density at radius 2 is 1.73 bits per heavy atom. The van der Waals surface area contributed by atoms with Crippen LogP contribution in [-0.4, -0.2) is 19.9 Å². The third-order valence-electron chi connectivity index (χ3n) is 3.31. The number of hydrogen-bond donors (Lipinski definition) is 0. The van der Waals surface area contributed by atoms with Crippen LogP contribution in [0.15, 0.2) is 42.5 Å². The first-order chi connectivity index (χ1) is 10.8. The minimum Gasteiger partial charge on any atom is -0.457 e. The quantitative estimate of drug-likeness (QED) is 0.795. The first-order valence-electron chi connectivity index (χ1n) is 6.90. The van der Waals surface area contributed by atoms with Crippen LogP contribution < -0.4 is 9.47 Å². The lowest BCUT2D eigenvalue weighted by Gasteiger charge is -2.06. The standard InChI is InChI=1S/C17H16O5/c1-19-9-12-2-5-14(6-3-12)17(18)20-10-13-4-7-15-16(8-13)22-11-21-15/h2-8H,9-11H2,1H3. The van der Waals surface area contributed by atoms with Crippen LogP contribution in [0.5, 0.6) is 11.5 Å². The molecule has 1 aliphatic heterocycles. The van der Waals surface area contributed by atoms with Crippen LogP contribution in [-0.2, 0) is 22.7 Å². The Morgan fingerprint density at radius 3 is 2.50 bits per heavy atom. The number of esters is 1. The lowest BCUT2D eigenvalue weighted by molar-refractivity contribution is 0.0472. The summed E-state index contributed by atoms with van der Waals surface area (Å²) in [6, 6.07) is 12.6. The molecule has 0 bridgehead atoms. The summed E-state index contributed by atoms with van der Waals surface area (Å²) in [5.74, 6) is 1.03. The number of carbonyl (C=O) groups is 1. The first-order valence-corrected chi connectivity index (χ1v) is 6.90. The highest BCUT2D eigenvalue weighted by Crippen LogP contribution is 2.32. The third-order valence-corrected chi connectivity index (χ3v) is 3.31. The Hall–Kier alpha value is -2.53. The topological polar surface area (TPSA) is 54.0 Å². The van der Waals surface area contributed by atoms with Gasteiger partial charge in [-0.3, -0.25) is 0 Å². The van der Waals surface area contributed by atoms with Gasteiger partial charge in [-0.05, 0) is 35.4 Å². The highest BCUT2D eigenvalue weighted by molar-refractivity contribution is 5.89. The molecule has 22 heavy (non-hydrogen) atoms. The van der Waals surface area contributed by atoms with Crippen molar-refractivity contribution in [3.63, 3.8) is 0 Å². The van der Waals surface area contributed by atoms with Crippen molar-refractivity contribution >= 4 is 5.97 Å². The molecule has 0 saturated heterocycles. The molecule has 0 aromatic heterocycles. The SMILES string of the molecule is COCc1ccc(C(=O)OCc2ccc3c(c2)OCO3)cc1. The van der Waals surface area contributed by atoms with E-state index in [1.807, 2.05) is 30.3 Å². The van der Waals surface area contributed by atoms with Crippen molar-refractivity contribution < 1.29 is 23.7 Å². The van der Waals surface area contributed by atoms with Crippen molar-refractivity contribution in [1.29, 1.82) is 0 Å². The fourth-order valence-electron chi connectivity index (χ4n) is 2.17. The molecule has 0 aliphatic carbocycles. The van der Waals surface area contributed by atoms with Gasteiger partial charge in [0, 0.05) is 7.11 Å². The molecule has 1 aliphatic rings. The van der Waals surface area contributed by atoms with Gasteiger partial charge in [-0.2, -0.15) is 0 Å². The van der Waals surface area contributed by atoms with Crippen LogP contribution in [0.4, 0.5) is 0 Å². The second-order valence-corrected chi connectivity index (χ2v) is 4.89. The van der Waals surface area contributed by atoms with E-state index in [0.29, 0.717) is 23.7 Å². The maximum absolute atomic E-state index is 12.0. The number of fused-ring (bicyclic) bond motifs is 1. The molecular weight excluding hydrogens is 284 g/mol. The Morgan fingerprint density at radius 1 is 1.00 bits per heavy atom. The highest BCUT2D eigenvalue weighted by atomic mass is 16.7. The molecule has 0 unspecified atom stereocenters. The summed E-state index contributed by atoms with van der Waals surface area (Å²) in [5, 5.41) is 0. The molecule has 0 fully saturated rings. The molecular formula is C17H16O5. The Labute approximate surface area is 128 Å². The average Bonchev–Trinajstić information content (AvgIpc) is 3.01. The Kier molecular flexibility index (Phi) is 4.25. The summed E-state index contributed by atoms with van der Waals surface area (Å²) >= 11 is 0. The van der Waals surface area contributed by atoms with Crippen LogP contribution in [0.1, 0.15) is 21.5 Å². The van der Waals surface area contributed by atoms with Gasteiger partial charge < -0.3 is 18.9 Å². The van der Waals surface area contributed by atoms with Gasteiger partial charge in [0.1, 0.15) is 6.61 Å². The fourth-order valence-corrected chi connectivity index (χ4v) is 2.17. The van der Waals surface area contributed by atoms with Gasteiger partial charge in [-0.25, -0.2) is 4.79 Å². The summed E-state index contributed by atoms with van der Waals surface area (Å²) < 4.78 is 20.9. The van der Waals surface area contributed by atoms with Gasteiger partial charge in [0.25, 0.3) is 0 Å². The summed E-state index contributed by atoms with van der Waals surface area (Å²) in [7, 11) is 1.63. The van der Waals surface area contributed by atoms with Gasteiger partial charge >= 0.3 is 5.97 Å². The summed E-state index contributed by atoms with van der Waals surface area (Å²) in [5.41, 5.74) is 2.38. The maximum Gasteiger partial charge on any atom is 0.338 e. The second kappa shape index (κ2) is 6.49. The summed E-state index contributed by atoms with van der Waals surface area (Å²) in [6.07, 6.45) is 0. The van der Waals surface area contributed by atoms with Gasteiger partial charge in [0.2, 0.25) is 6.79 Å². The molecule has 2 aromatic carbocycles.